The third kappa shape index (κ3) is 4.44. The van der Waals surface area contributed by atoms with Crippen LogP contribution >= 0.6 is 11.6 Å². The fourth-order valence-corrected chi connectivity index (χ4v) is 4.30. The molecular weight excluding hydrogens is 459 g/mol. The molecule has 0 radical (unpaired) electrons. The molecule has 5 nitrogen and oxygen atoms in total. The van der Waals surface area contributed by atoms with E-state index >= 15 is 0 Å². The molecule has 3 aromatic rings. The van der Waals surface area contributed by atoms with Gasteiger partial charge in [-0.3, -0.25) is 14.2 Å². The van der Waals surface area contributed by atoms with Gasteiger partial charge in [0.25, 0.3) is 5.91 Å². The lowest BCUT2D eigenvalue weighted by Crippen LogP contribution is -2.21. The topological polar surface area (TPSA) is 68.5 Å². The van der Waals surface area contributed by atoms with Gasteiger partial charge in [0.2, 0.25) is 0 Å². The van der Waals surface area contributed by atoms with Crippen LogP contribution in [-0.2, 0) is 11.0 Å². The van der Waals surface area contributed by atoms with Gasteiger partial charge < -0.3 is 9.84 Å². The lowest BCUT2D eigenvalue weighted by Gasteiger charge is -2.20. The van der Waals surface area contributed by atoms with E-state index in [0.29, 0.717) is 34.3 Å². The summed E-state index contributed by atoms with van der Waals surface area (Å²) in [5, 5.41) is 10.7. The Hall–Kier alpha value is -3.00. The number of hydrogen-bond donors (Lipinski definition) is 1. The summed E-state index contributed by atoms with van der Waals surface area (Å²) in [6.07, 6.45) is -3.94. The van der Waals surface area contributed by atoms with Crippen LogP contribution in [0.3, 0.4) is 0 Å². The number of alkyl halides is 3. The largest absolute Gasteiger partial charge is 0.495 e. The highest BCUT2D eigenvalue weighted by Crippen LogP contribution is 2.41. The maximum Gasteiger partial charge on any atom is 0.416 e. The average Bonchev–Trinajstić information content (AvgIpc) is 3.02. The Bertz CT molecular complexity index is 1220. The van der Waals surface area contributed by atoms with Gasteiger partial charge in [-0.05, 0) is 54.8 Å². The van der Waals surface area contributed by atoms with Crippen LogP contribution in [0.1, 0.15) is 53.4 Å². The summed E-state index contributed by atoms with van der Waals surface area (Å²) in [7, 11) is 1.42. The first kappa shape index (κ1) is 24.6. The van der Waals surface area contributed by atoms with E-state index in [1.165, 1.54) is 17.7 Å². The van der Waals surface area contributed by atoms with Crippen molar-refractivity contribution in [3.63, 3.8) is 0 Å². The monoisotopic (exact) mass is 481 g/mol. The third-order valence-electron chi connectivity index (χ3n) is 5.98. The number of hydrogen-bond acceptors (Lipinski definition) is 3. The standard InChI is InChI=1S/C24H23ClF3NO4/c1-5-12(2)20(23(31)32)21-13(3)29(18-11-17(25)19(33-4)10-16(18)21)22(30)14-6-8-15(9-7-14)24(26,27)28/h6-12,20H,5H2,1-4H3,(H,31,32)/t12?,20-/m0/s1. The minimum absolute atomic E-state index is 0.0249. The van der Waals surface area contributed by atoms with Crippen LogP contribution in [0.4, 0.5) is 13.2 Å². The van der Waals surface area contributed by atoms with E-state index in [2.05, 4.69) is 0 Å². The zero-order chi connectivity index (χ0) is 24.7. The summed E-state index contributed by atoms with van der Waals surface area (Å²) in [5.74, 6) is -2.47. The number of carbonyl (C=O) groups is 2. The first-order valence-corrected chi connectivity index (χ1v) is 10.6. The Balaban J connectivity index is 2.30. The number of methoxy groups -OCH3 is 1. The zero-order valence-corrected chi connectivity index (χ0v) is 19.2. The molecule has 0 aliphatic rings. The number of nitrogens with zero attached hydrogens (tertiary/aromatic N) is 1. The molecule has 0 bridgehead atoms. The van der Waals surface area contributed by atoms with E-state index < -0.39 is 29.5 Å². The maximum atomic E-state index is 13.4. The number of carboxylic acid groups (broad SMARTS) is 1. The van der Waals surface area contributed by atoms with E-state index in [9.17, 15) is 27.9 Å². The van der Waals surface area contributed by atoms with E-state index in [4.69, 9.17) is 16.3 Å². The summed E-state index contributed by atoms with van der Waals surface area (Å²) >= 11 is 6.30. The summed E-state index contributed by atoms with van der Waals surface area (Å²) < 4.78 is 45.4. The third-order valence-corrected chi connectivity index (χ3v) is 6.27. The maximum absolute atomic E-state index is 13.4. The Morgan fingerprint density at radius 3 is 2.27 bits per heavy atom. The average molecular weight is 482 g/mol. The van der Waals surface area contributed by atoms with Crippen LogP contribution in [-0.4, -0.2) is 28.7 Å². The van der Waals surface area contributed by atoms with E-state index in [1.54, 1.807) is 13.0 Å². The van der Waals surface area contributed by atoms with Crippen molar-refractivity contribution in [2.24, 2.45) is 5.92 Å². The highest BCUT2D eigenvalue weighted by molar-refractivity contribution is 6.33. The fourth-order valence-electron chi connectivity index (χ4n) is 4.07. The molecular formula is C24H23ClF3NO4. The fraction of sp³-hybridized carbons (Fsp3) is 0.333. The van der Waals surface area contributed by atoms with Crippen LogP contribution in [0.2, 0.25) is 5.02 Å². The Kier molecular flexibility index (Phi) is 6.79. The number of benzene rings is 2. The van der Waals surface area contributed by atoms with Crippen molar-refractivity contribution in [2.75, 3.05) is 7.11 Å². The predicted molar refractivity (Wildman–Crippen MR) is 119 cm³/mol. The molecule has 1 unspecified atom stereocenters. The molecule has 0 aliphatic carbocycles. The van der Waals surface area contributed by atoms with Gasteiger partial charge in [0, 0.05) is 16.6 Å². The first-order chi connectivity index (χ1) is 15.4. The first-order valence-electron chi connectivity index (χ1n) is 10.3. The number of halogens is 4. The molecule has 0 spiro atoms. The molecule has 2 atom stereocenters. The number of fused-ring (bicyclic) bond motifs is 1. The van der Waals surface area contributed by atoms with Gasteiger partial charge in [-0.2, -0.15) is 13.2 Å². The van der Waals surface area contributed by atoms with Crippen molar-refractivity contribution < 1.29 is 32.6 Å². The van der Waals surface area contributed by atoms with Crippen molar-refractivity contribution in [3.8, 4) is 5.75 Å². The minimum atomic E-state index is -4.53. The molecule has 1 N–H and O–H groups in total. The second-order valence-corrected chi connectivity index (χ2v) is 8.33. The van der Waals surface area contributed by atoms with Crippen molar-refractivity contribution in [3.05, 3.63) is 63.8 Å². The Morgan fingerprint density at radius 1 is 1.18 bits per heavy atom. The van der Waals surface area contributed by atoms with Crippen LogP contribution in [0.5, 0.6) is 5.75 Å². The molecule has 0 saturated heterocycles. The highest BCUT2D eigenvalue weighted by atomic mass is 35.5. The van der Waals surface area contributed by atoms with Crippen LogP contribution < -0.4 is 4.74 Å². The summed E-state index contributed by atoms with van der Waals surface area (Å²) in [5.41, 5.74) is 0.336. The van der Waals surface area contributed by atoms with Gasteiger partial charge in [-0.15, -0.1) is 0 Å². The molecule has 0 saturated carbocycles. The van der Waals surface area contributed by atoms with Gasteiger partial charge in [-0.1, -0.05) is 31.9 Å². The number of carbonyl (C=O) groups excluding carboxylic acids is 1. The van der Waals surface area contributed by atoms with Crippen molar-refractivity contribution in [1.29, 1.82) is 0 Å². The van der Waals surface area contributed by atoms with E-state index in [-0.39, 0.29) is 16.5 Å². The molecule has 33 heavy (non-hydrogen) atoms. The second-order valence-electron chi connectivity index (χ2n) is 7.92. The summed E-state index contributed by atoms with van der Waals surface area (Å²) in [4.78, 5) is 25.7. The molecule has 1 aromatic heterocycles. The molecule has 1 heterocycles. The molecule has 0 amide bonds. The molecule has 2 aromatic carbocycles. The smallest absolute Gasteiger partial charge is 0.416 e. The molecule has 0 aliphatic heterocycles. The van der Waals surface area contributed by atoms with Gasteiger partial charge in [0.05, 0.1) is 29.1 Å². The SMILES string of the molecule is CCC(C)[C@H](C(=O)O)c1c(C)n(C(=O)c2ccc(C(F)(F)F)cc2)c2cc(Cl)c(OC)cc12. The number of aromatic nitrogens is 1. The minimum Gasteiger partial charge on any atom is -0.495 e. The Labute approximate surface area is 193 Å². The molecule has 3 rings (SSSR count). The predicted octanol–water partition coefficient (Wildman–Crippen LogP) is 6.53. The van der Waals surface area contributed by atoms with E-state index in [1.807, 2.05) is 13.8 Å². The lowest BCUT2D eigenvalue weighted by molar-refractivity contribution is -0.140. The van der Waals surface area contributed by atoms with Gasteiger partial charge in [0.15, 0.2) is 0 Å². The normalized spacial score (nSPS) is 13.7. The number of ether oxygens (including phenoxy) is 1. The van der Waals surface area contributed by atoms with Crippen molar-refractivity contribution in [1.82, 2.24) is 4.57 Å². The lowest BCUT2D eigenvalue weighted by atomic mass is 9.84. The quantitative estimate of drug-likeness (QED) is 0.434. The number of carboxylic acids is 1. The molecule has 176 valence electrons. The summed E-state index contributed by atoms with van der Waals surface area (Å²) in [6.45, 7) is 5.31. The Morgan fingerprint density at radius 2 is 1.79 bits per heavy atom. The van der Waals surface area contributed by atoms with Crippen LogP contribution in [0.25, 0.3) is 10.9 Å². The zero-order valence-electron chi connectivity index (χ0n) is 18.5. The van der Waals surface area contributed by atoms with Gasteiger partial charge in [0.1, 0.15) is 5.75 Å². The van der Waals surface area contributed by atoms with Crippen LogP contribution in [0, 0.1) is 12.8 Å². The van der Waals surface area contributed by atoms with Crippen molar-refractivity contribution in [2.45, 2.75) is 39.3 Å². The van der Waals surface area contributed by atoms with Crippen LogP contribution in [0.15, 0.2) is 36.4 Å². The van der Waals surface area contributed by atoms with Gasteiger partial charge in [-0.25, -0.2) is 0 Å². The molecule has 0 fully saturated rings. The molecule has 9 heteroatoms. The van der Waals surface area contributed by atoms with Crippen molar-refractivity contribution >= 4 is 34.4 Å². The second kappa shape index (κ2) is 9.09. The number of rotatable bonds is 6. The number of aliphatic carboxylic acids is 1. The van der Waals surface area contributed by atoms with Gasteiger partial charge >= 0.3 is 12.1 Å². The highest BCUT2D eigenvalue weighted by Gasteiger charge is 2.34. The summed E-state index contributed by atoms with van der Waals surface area (Å²) in [6, 6.07) is 6.97. The van der Waals surface area contributed by atoms with E-state index in [0.717, 1.165) is 24.3 Å².